The third-order valence-electron chi connectivity index (χ3n) is 4.42. The second-order valence-electron chi connectivity index (χ2n) is 5.81. The number of halogens is 1. The minimum absolute atomic E-state index is 0. The van der Waals surface area contributed by atoms with Crippen molar-refractivity contribution in [3.63, 3.8) is 0 Å². The lowest BCUT2D eigenvalue weighted by Gasteiger charge is -2.39. The quantitative estimate of drug-likeness (QED) is 0.903. The summed E-state index contributed by atoms with van der Waals surface area (Å²) < 4.78 is 13.3. The maximum absolute atomic E-state index is 13.3. The van der Waals surface area contributed by atoms with E-state index in [9.17, 15) is 9.18 Å². The van der Waals surface area contributed by atoms with Crippen LogP contribution in [0, 0.1) is 5.82 Å². The number of hydrogen-bond acceptors (Lipinski definition) is 2. The molecule has 0 aliphatic carbocycles. The van der Waals surface area contributed by atoms with Gasteiger partial charge in [0.05, 0.1) is 0 Å². The third kappa shape index (κ3) is 4.07. The molecule has 1 N–H and O–H groups in total. The van der Waals surface area contributed by atoms with Crippen molar-refractivity contribution in [1.82, 2.24) is 10.2 Å². The largest absolute Gasteiger partial charge is 0.334 e. The number of likely N-dealkylation sites (tertiary alicyclic amines) is 1. The molecule has 0 aromatic heterocycles. The highest BCUT2D eigenvalue weighted by molar-refractivity contribution is 5.77. The predicted octanol–water partition coefficient (Wildman–Crippen LogP) is 3.73. The molecule has 22 heavy (non-hydrogen) atoms. The van der Waals surface area contributed by atoms with Crippen molar-refractivity contribution in [3.8, 4) is 0 Å². The molecule has 0 bridgehead atoms. The van der Waals surface area contributed by atoms with E-state index >= 15 is 0 Å². The molecule has 0 radical (unpaired) electrons. The summed E-state index contributed by atoms with van der Waals surface area (Å²) in [5, 5.41) is 3.54. The lowest BCUT2D eigenvalue weighted by atomic mass is 9.94. The second kappa shape index (κ2) is 8.28. The van der Waals surface area contributed by atoms with Crippen LogP contribution in [0.3, 0.4) is 0 Å². The predicted molar refractivity (Wildman–Crippen MR) is 89.1 cm³/mol. The fourth-order valence-corrected chi connectivity index (χ4v) is 3.44. The Hall–Kier alpha value is -1.42. The first-order chi connectivity index (χ1) is 10.7. The Morgan fingerprint density at radius 1 is 1.32 bits per heavy atom. The molecule has 0 spiro atoms. The fourth-order valence-electron chi connectivity index (χ4n) is 3.44. The SMILES string of the molecule is CC.O=C1CCC[C@H]2NCCC[C@@H]2N1Cc1cccc(F)c1.[HH]. The maximum atomic E-state index is 13.3. The molecule has 4 heteroatoms. The molecule has 3 rings (SSSR count). The van der Waals surface area contributed by atoms with Crippen LogP contribution in [0.2, 0.25) is 0 Å². The molecule has 3 nitrogen and oxygen atoms in total. The molecule has 1 amide bonds. The average molecular weight is 308 g/mol. The molecule has 124 valence electrons. The molecular weight excluding hydrogens is 279 g/mol. The lowest BCUT2D eigenvalue weighted by molar-refractivity contribution is -0.134. The van der Waals surface area contributed by atoms with Gasteiger partial charge in [0.2, 0.25) is 5.91 Å². The highest BCUT2D eigenvalue weighted by atomic mass is 19.1. The second-order valence-corrected chi connectivity index (χ2v) is 5.81. The number of piperidine rings is 1. The van der Waals surface area contributed by atoms with Crippen LogP contribution >= 0.6 is 0 Å². The number of amides is 1. The monoisotopic (exact) mass is 308 g/mol. The van der Waals surface area contributed by atoms with Gasteiger partial charge in [-0.2, -0.15) is 0 Å². The van der Waals surface area contributed by atoms with Crippen LogP contribution in [-0.2, 0) is 11.3 Å². The molecule has 2 fully saturated rings. The molecule has 2 aliphatic rings. The van der Waals surface area contributed by atoms with Crippen molar-refractivity contribution < 1.29 is 10.6 Å². The number of carbonyl (C=O) groups is 1. The number of rotatable bonds is 2. The van der Waals surface area contributed by atoms with Gasteiger partial charge in [-0.15, -0.1) is 0 Å². The molecule has 1 aromatic rings. The average Bonchev–Trinajstić information content (AvgIpc) is 2.69. The number of nitrogens with zero attached hydrogens (tertiary/aromatic N) is 1. The van der Waals surface area contributed by atoms with Gasteiger partial charge in [-0.25, -0.2) is 4.39 Å². The number of benzene rings is 1. The van der Waals surface area contributed by atoms with E-state index in [4.69, 9.17) is 0 Å². The molecule has 0 unspecified atom stereocenters. The maximum Gasteiger partial charge on any atom is 0.223 e. The highest BCUT2D eigenvalue weighted by Gasteiger charge is 2.34. The van der Waals surface area contributed by atoms with Crippen LogP contribution in [0.25, 0.3) is 0 Å². The summed E-state index contributed by atoms with van der Waals surface area (Å²) >= 11 is 0. The van der Waals surface area contributed by atoms with Crippen molar-refractivity contribution in [3.05, 3.63) is 35.6 Å². The molecule has 2 atom stereocenters. The van der Waals surface area contributed by atoms with Gasteiger partial charge in [0.1, 0.15) is 5.82 Å². The van der Waals surface area contributed by atoms with E-state index in [1.807, 2.05) is 24.8 Å². The van der Waals surface area contributed by atoms with Crippen LogP contribution in [0.1, 0.15) is 52.9 Å². The van der Waals surface area contributed by atoms with Crippen molar-refractivity contribution >= 4 is 5.91 Å². The zero-order valence-corrected chi connectivity index (χ0v) is 13.6. The fraction of sp³-hybridized carbons (Fsp3) is 0.611. The Morgan fingerprint density at radius 3 is 2.91 bits per heavy atom. The smallest absolute Gasteiger partial charge is 0.223 e. The van der Waals surface area contributed by atoms with Crippen molar-refractivity contribution in [1.29, 1.82) is 0 Å². The van der Waals surface area contributed by atoms with Crippen molar-refractivity contribution in [2.45, 2.75) is 64.6 Å². The molecular formula is C18H29FN2O. The zero-order valence-electron chi connectivity index (χ0n) is 13.6. The van der Waals surface area contributed by atoms with E-state index in [0.29, 0.717) is 19.0 Å². The van der Waals surface area contributed by atoms with E-state index in [-0.39, 0.29) is 19.2 Å². The van der Waals surface area contributed by atoms with E-state index < -0.39 is 0 Å². The summed E-state index contributed by atoms with van der Waals surface area (Å²) in [6.45, 7) is 5.57. The van der Waals surface area contributed by atoms with Crippen molar-refractivity contribution in [2.24, 2.45) is 0 Å². The molecule has 2 saturated heterocycles. The van der Waals surface area contributed by atoms with Gasteiger partial charge in [0, 0.05) is 26.5 Å². The summed E-state index contributed by atoms with van der Waals surface area (Å²) in [6.07, 6.45) is 4.79. The molecule has 2 heterocycles. The van der Waals surface area contributed by atoms with Gasteiger partial charge in [-0.05, 0) is 49.9 Å². The summed E-state index contributed by atoms with van der Waals surface area (Å²) in [5.41, 5.74) is 0.879. The summed E-state index contributed by atoms with van der Waals surface area (Å²) in [7, 11) is 0. The molecule has 1 aromatic carbocycles. The lowest BCUT2D eigenvalue weighted by Crippen LogP contribution is -2.53. The summed E-state index contributed by atoms with van der Waals surface area (Å²) in [6, 6.07) is 7.25. The topological polar surface area (TPSA) is 32.3 Å². The van der Waals surface area contributed by atoms with Gasteiger partial charge in [0.15, 0.2) is 0 Å². The number of fused-ring (bicyclic) bond motifs is 1. The van der Waals surface area contributed by atoms with Gasteiger partial charge >= 0.3 is 0 Å². The Balaban J connectivity index is 0.000000849. The Bertz CT molecular complexity index is 498. The minimum atomic E-state index is -0.233. The zero-order chi connectivity index (χ0) is 15.9. The Labute approximate surface area is 134 Å². The third-order valence-corrected chi connectivity index (χ3v) is 4.42. The first-order valence-electron chi connectivity index (χ1n) is 8.51. The van der Waals surface area contributed by atoms with Crippen LogP contribution in [0.15, 0.2) is 24.3 Å². The number of carbonyl (C=O) groups excluding carboxylic acids is 1. The summed E-state index contributed by atoms with van der Waals surface area (Å²) in [5.74, 6) is -0.0199. The van der Waals surface area contributed by atoms with E-state index in [1.54, 1.807) is 6.07 Å². The molecule has 2 aliphatic heterocycles. The minimum Gasteiger partial charge on any atom is -0.334 e. The number of hydrogen-bond donors (Lipinski definition) is 1. The normalized spacial score (nSPS) is 24.9. The first-order valence-corrected chi connectivity index (χ1v) is 8.51. The first kappa shape index (κ1) is 16.9. The standard InChI is InChI=1S/C16H21FN2O.C2H6.H2/c17-13-5-1-4-12(10-13)11-19-15-7-3-9-18-14(15)6-2-8-16(19)20;1-2;/h1,4-5,10,14-15,18H,2-3,6-9,11H2;1-2H3;1H/t14-,15+;;/m1../s1. The van der Waals surface area contributed by atoms with Gasteiger partial charge < -0.3 is 10.2 Å². The van der Waals surface area contributed by atoms with E-state index in [0.717, 1.165) is 37.8 Å². The van der Waals surface area contributed by atoms with E-state index in [2.05, 4.69) is 5.32 Å². The van der Waals surface area contributed by atoms with Crippen LogP contribution in [0.4, 0.5) is 4.39 Å². The van der Waals surface area contributed by atoms with Crippen LogP contribution < -0.4 is 5.32 Å². The summed E-state index contributed by atoms with van der Waals surface area (Å²) in [4.78, 5) is 14.3. The Morgan fingerprint density at radius 2 is 2.14 bits per heavy atom. The van der Waals surface area contributed by atoms with Gasteiger partial charge in [-0.3, -0.25) is 4.79 Å². The van der Waals surface area contributed by atoms with Crippen LogP contribution in [-0.4, -0.2) is 29.4 Å². The number of nitrogens with one attached hydrogen (secondary N) is 1. The van der Waals surface area contributed by atoms with Crippen LogP contribution in [0.5, 0.6) is 0 Å². The Kier molecular flexibility index (Phi) is 6.37. The van der Waals surface area contributed by atoms with Crippen molar-refractivity contribution in [2.75, 3.05) is 6.54 Å². The van der Waals surface area contributed by atoms with E-state index in [1.165, 1.54) is 12.1 Å². The molecule has 0 saturated carbocycles. The van der Waals surface area contributed by atoms with Gasteiger partial charge in [-0.1, -0.05) is 26.0 Å². The highest BCUT2D eigenvalue weighted by Crippen LogP contribution is 2.26. The van der Waals surface area contributed by atoms with Gasteiger partial charge in [0.25, 0.3) is 0 Å².